The number of esters is 1. The van der Waals surface area contributed by atoms with Crippen LogP contribution < -0.4 is 9.88 Å². The monoisotopic (exact) mass is 565 g/mol. The highest BCUT2D eigenvalue weighted by molar-refractivity contribution is 7.07. The first kappa shape index (κ1) is 35.1. The number of hydrogen-bond acceptors (Lipinski definition) is 5. The molecule has 1 amide bonds. The van der Waals surface area contributed by atoms with Gasteiger partial charge in [0.15, 0.2) is 6.20 Å². The van der Waals surface area contributed by atoms with Crippen molar-refractivity contribution in [3.63, 3.8) is 0 Å². The molecular formula is C32H57N2O4S+. The van der Waals surface area contributed by atoms with Crippen molar-refractivity contribution in [1.82, 2.24) is 5.32 Å². The molecule has 1 aromatic heterocycles. The first-order valence-corrected chi connectivity index (χ1v) is 16.7. The van der Waals surface area contributed by atoms with Gasteiger partial charge in [0.05, 0.1) is 5.38 Å². The zero-order chi connectivity index (χ0) is 28.2. The van der Waals surface area contributed by atoms with Crippen LogP contribution in [0.5, 0.6) is 0 Å². The molecule has 0 atom stereocenters. The highest BCUT2D eigenvalue weighted by Crippen LogP contribution is 2.13. The lowest BCUT2D eigenvalue weighted by atomic mass is 10.0. The molecule has 0 bridgehead atoms. The van der Waals surface area contributed by atoms with Crippen LogP contribution >= 0.6 is 11.3 Å². The van der Waals surface area contributed by atoms with Crippen LogP contribution in [-0.2, 0) is 20.8 Å². The van der Waals surface area contributed by atoms with E-state index in [1.54, 1.807) is 11.3 Å². The summed E-state index contributed by atoms with van der Waals surface area (Å²) in [4.78, 5) is 23.7. The van der Waals surface area contributed by atoms with Crippen LogP contribution in [0.25, 0.3) is 0 Å². The Morgan fingerprint density at radius 3 is 1.85 bits per heavy atom. The first-order chi connectivity index (χ1) is 19.1. The predicted molar refractivity (Wildman–Crippen MR) is 162 cm³/mol. The quantitative estimate of drug-likeness (QED) is 0.0501. The Kier molecular flexibility index (Phi) is 23.7. The summed E-state index contributed by atoms with van der Waals surface area (Å²) in [5.74, 6) is -0.229. The molecule has 1 heterocycles. The number of nitrogens with zero attached hydrogens (tertiary/aromatic N) is 1. The minimum absolute atomic E-state index is 0.0654. The topological polar surface area (TPSA) is 68.5 Å². The highest BCUT2D eigenvalue weighted by atomic mass is 32.1. The van der Waals surface area contributed by atoms with E-state index in [1.807, 2.05) is 0 Å². The second kappa shape index (κ2) is 26.3. The summed E-state index contributed by atoms with van der Waals surface area (Å²) in [6, 6.07) is 0. The summed E-state index contributed by atoms with van der Waals surface area (Å²) >= 11 is 1.68. The minimum atomic E-state index is -0.438. The number of carbonyl (C=O) groups excluding carboxylic acids is 2. The second-order valence-corrected chi connectivity index (χ2v) is 11.5. The summed E-state index contributed by atoms with van der Waals surface area (Å²) in [5, 5.41) is 4.85. The molecule has 0 fully saturated rings. The third-order valence-corrected chi connectivity index (χ3v) is 7.64. The maximum absolute atomic E-state index is 11.9. The van der Waals surface area contributed by atoms with Crippen LogP contribution in [0.2, 0.25) is 0 Å². The Hall–Kier alpha value is -1.89. The van der Waals surface area contributed by atoms with Crippen LogP contribution in [0.4, 0.5) is 4.79 Å². The van der Waals surface area contributed by atoms with Crippen molar-refractivity contribution in [1.29, 1.82) is 0 Å². The summed E-state index contributed by atoms with van der Waals surface area (Å²) < 4.78 is 12.6. The zero-order valence-corrected chi connectivity index (χ0v) is 25.7. The third-order valence-electron chi connectivity index (χ3n) is 6.97. The molecule has 0 aromatic carbocycles. The summed E-state index contributed by atoms with van der Waals surface area (Å²) in [7, 11) is 0. The fourth-order valence-corrected chi connectivity index (χ4v) is 5.14. The van der Waals surface area contributed by atoms with E-state index in [2.05, 4.69) is 40.5 Å². The number of aryl methyl sites for hydroxylation is 1. The van der Waals surface area contributed by atoms with Crippen molar-refractivity contribution in [2.24, 2.45) is 0 Å². The van der Waals surface area contributed by atoms with E-state index >= 15 is 0 Å². The lowest BCUT2D eigenvalue weighted by Gasteiger charge is -2.10. The summed E-state index contributed by atoms with van der Waals surface area (Å²) in [5.41, 5.74) is 2.67. The van der Waals surface area contributed by atoms with Crippen molar-refractivity contribution in [3.8, 4) is 0 Å². The van der Waals surface area contributed by atoms with Crippen LogP contribution in [0.3, 0.4) is 0 Å². The Morgan fingerprint density at radius 2 is 1.28 bits per heavy atom. The van der Waals surface area contributed by atoms with Gasteiger partial charge in [0.25, 0.3) is 0 Å². The summed E-state index contributed by atoms with van der Waals surface area (Å²) in [6.45, 7) is 7.88. The molecule has 0 spiro atoms. The molecule has 0 saturated carbocycles. The van der Waals surface area contributed by atoms with Gasteiger partial charge in [0, 0.05) is 19.4 Å². The Bertz CT molecular complexity index is 724. The van der Waals surface area contributed by atoms with Gasteiger partial charge in [-0.05, 0) is 24.8 Å². The van der Waals surface area contributed by atoms with Gasteiger partial charge in [0.2, 0.25) is 5.51 Å². The van der Waals surface area contributed by atoms with Crippen LogP contribution in [-0.4, -0.2) is 31.8 Å². The van der Waals surface area contributed by atoms with E-state index in [4.69, 9.17) is 9.47 Å². The smallest absolute Gasteiger partial charge is 0.407 e. The maximum atomic E-state index is 11.9. The largest absolute Gasteiger partial charge is 0.461 e. The Morgan fingerprint density at radius 1 is 0.744 bits per heavy atom. The lowest BCUT2D eigenvalue weighted by Crippen LogP contribution is -2.29. The fourth-order valence-electron chi connectivity index (χ4n) is 4.51. The van der Waals surface area contributed by atoms with Gasteiger partial charge >= 0.3 is 12.1 Å². The molecule has 0 aliphatic carbocycles. The molecule has 1 N–H and O–H groups in total. The number of carbonyl (C=O) groups is 2. The second-order valence-electron chi connectivity index (χ2n) is 10.8. The lowest BCUT2D eigenvalue weighted by molar-refractivity contribution is -0.692. The van der Waals surface area contributed by atoms with Crippen LogP contribution in [0.15, 0.2) is 29.2 Å². The van der Waals surface area contributed by atoms with Crippen LogP contribution in [0, 0.1) is 0 Å². The van der Waals surface area contributed by atoms with Crippen molar-refractivity contribution in [2.75, 3.05) is 19.8 Å². The number of nitrogens with one attached hydrogen (secondary N) is 1. The van der Waals surface area contributed by atoms with E-state index in [0.29, 0.717) is 18.5 Å². The van der Waals surface area contributed by atoms with E-state index in [9.17, 15) is 9.59 Å². The molecule has 7 heteroatoms. The molecule has 0 saturated heterocycles. The molecule has 6 nitrogen and oxygen atoms in total. The molecule has 224 valence electrons. The Balaban J connectivity index is 1.80. The number of aromatic nitrogens is 1. The van der Waals surface area contributed by atoms with E-state index in [-0.39, 0.29) is 19.2 Å². The standard InChI is InChI=1S/C32H56N2O4S/c1-3-4-5-6-7-8-9-10-11-12-13-14-15-16-17-20-23-33-32(36)38-28-30(2)27-37-31(35)22-19-18-21-24-34-25-26-39-29-34/h25-26,29H,2-24,27-28H2,1H3/p+1. The summed E-state index contributed by atoms with van der Waals surface area (Å²) in [6.07, 6.45) is 26.2. The van der Waals surface area contributed by atoms with Crippen molar-refractivity contribution >= 4 is 23.4 Å². The number of alkyl carbamates (subject to hydrolysis) is 1. The molecule has 0 aliphatic rings. The molecule has 1 aromatic rings. The number of unbranched alkanes of at least 4 members (excludes halogenated alkanes) is 17. The normalized spacial score (nSPS) is 10.9. The first-order valence-electron chi connectivity index (χ1n) is 15.8. The SMILES string of the molecule is C=C(COC(=O)CCCCC[n+]1ccsc1)COC(=O)NCCCCCCCCCCCCCCCCCC. The fraction of sp³-hybridized carbons (Fsp3) is 0.781. The molecule has 0 aliphatic heterocycles. The average molecular weight is 566 g/mol. The Labute approximate surface area is 242 Å². The van der Waals surface area contributed by atoms with Gasteiger partial charge in [-0.15, -0.1) is 0 Å². The number of hydrogen-bond donors (Lipinski definition) is 1. The van der Waals surface area contributed by atoms with Crippen molar-refractivity contribution in [3.05, 3.63) is 29.2 Å². The van der Waals surface area contributed by atoms with Gasteiger partial charge < -0.3 is 14.8 Å². The van der Waals surface area contributed by atoms with Gasteiger partial charge in [-0.3, -0.25) is 4.79 Å². The molecule has 0 radical (unpaired) electrons. The highest BCUT2D eigenvalue weighted by Gasteiger charge is 2.07. The van der Waals surface area contributed by atoms with Gasteiger partial charge in [-0.2, -0.15) is 4.57 Å². The van der Waals surface area contributed by atoms with Crippen molar-refractivity contribution < 1.29 is 23.6 Å². The van der Waals surface area contributed by atoms with E-state index in [0.717, 1.165) is 38.6 Å². The average Bonchev–Trinajstić information content (AvgIpc) is 3.46. The van der Waals surface area contributed by atoms with Gasteiger partial charge in [-0.25, -0.2) is 4.79 Å². The van der Waals surface area contributed by atoms with E-state index < -0.39 is 6.09 Å². The zero-order valence-electron chi connectivity index (χ0n) is 24.9. The molecule has 1 rings (SSSR count). The molecule has 0 unspecified atom stereocenters. The molecular weight excluding hydrogens is 508 g/mol. The minimum Gasteiger partial charge on any atom is -0.461 e. The van der Waals surface area contributed by atoms with Gasteiger partial charge in [0.1, 0.15) is 19.8 Å². The third kappa shape index (κ3) is 23.7. The molecule has 39 heavy (non-hydrogen) atoms. The number of thiazole rings is 1. The van der Waals surface area contributed by atoms with E-state index in [1.165, 1.54) is 89.9 Å². The van der Waals surface area contributed by atoms with Crippen molar-refractivity contribution in [2.45, 2.75) is 142 Å². The predicted octanol–water partition coefficient (Wildman–Crippen LogP) is 8.68. The van der Waals surface area contributed by atoms with Crippen LogP contribution in [0.1, 0.15) is 135 Å². The number of rotatable bonds is 27. The number of ether oxygens (including phenoxy) is 2. The van der Waals surface area contributed by atoms with Gasteiger partial charge in [-0.1, -0.05) is 121 Å². The maximum Gasteiger partial charge on any atom is 0.407 e. The number of amides is 1.